The summed E-state index contributed by atoms with van der Waals surface area (Å²) < 4.78 is 5.84. The van der Waals surface area contributed by atoms with Crippen LogP contribution in [0.4, 0.5) is 0 Å². The Hall–Kier alpha value is -1.25. The summed E-state index contributed by atoms with van der Waals surface area (Å²) in [4.78, 5) is 0. The van der Waals surface area contributed by atoms with Gasteiger partial charge in [0.2, 0.25) is 0 Å². The lowest BCUT2D eigenvalue weighted by molar-refractivity contribution is 0.431. The molecule has 1 aromatic carbocycles. The summed E-state index contributed by atoms with van der Waals surface area (Å²) in [6.07, 6.45) is 3.19. The summed E-state index contributed by atoms with van der Waals surface area (Å²) >= 11 is 5.99. The van der Waals surface area contributed by atoms with E-state index in [0.29, 0.717) is 0 Å². The van der Waals surface area contributed by atoms with E-state index in [1.165, 1.54) is 0 Å². The van der Waals surface area contributed by atoms with Gasteiger partial charge in [0.15, 0.2) is 0 Å². The fourth-order valence-corrected chi connectivity index (χ4v) is 2.23. The first kappa shape index (κ1) is 15.1. The molecule has 0 saturated carbocycles. The van der Waals surface area contributed by atoms with Gasteiger partial charge in [-0.3, -0.25) is 0 Å². The van der Waals surface area contributed by atoms with E-state index in [1.54, 1.807) is 0 Å². The van der Waals surface area contributed by atoms with Crippen molar-refractivity contribution in [2.24, 2.45) is 0 Å². The molecule has 2 nitrogen and oxygen atoms in total. The van der Waals surface area contributed by atoms with Crippen molar-refractivity contribution in [1.29, 1.82) is 0 Å². The van der Waals surface area contributed by atoms with Gasteiger partial charge in [0, 0.05) is 15.9 Å². The van der Waals surface area contributed by atoms with E-state index in [4.69, 9.17) is 16.0 Å². The zero-order valence-corrected chi connectivity index (χ0v) is 13.3. The van der Waals surface area contributed by atoms with E-state index >= 15 is 0 Å². The van der Waals surface area contributed by atoms with E-state index in [9.17, 15) is 0 Å². The van der Waals surface area contributed by atoms with Crippen molar-refractivity contribution < 1.29 is 4.42 Å². The minimum atomic E-state index is 0.165. The van der Waals surface area contributed by atoms with Gasteiger partial charge in [0.05, 0.1) is 0 Å². The highest BCUT2D eigenvalue weighted by molar-refractivity contribution is 6.31. The lowest BCUT2D eigenvalue weighted by Gasteiger charge is -2.19. The van der Waals surface area contributed by atoms with Gasteiger partial charge in [-0.15, -0.1) is 0 Å². The second kappa shape index (κ2) is 6.02. The van der Waals surface area contributed by atoms with Gasteiger partial charge >= 0.3 is 0 Å². The summed E-state index contributed by atoms with van der Waals surface area (Å²) in [6, 6.07) is 7.74. The number of benzene rings is 1. The third-order valence-corrected chi connectivity index (χ3v) is 3.35. The van der Waals surface area contributed by atoms with Crippen molar-refractivity contribution in [3.05, 3.63) is 41.1 Å². The Morgan fingerprint density at radius 1 is 1.30 bits per heavy atom. The molecule has 2 rings (SSSR count). The van der Waals surface area contributed by atoms with Crippen molar-refractivity contribution in [1.82, 2.24) is 5.32 Å². The molecule has 0 aliphatic heterocycles. The number of fused-ring (bicyclic) bond motifs is 1. The van der Waals surface area contributed by atoms with Crippen molar-refractivity contribution in [2.45, 2.75) is 39.7 Å². The van der Waals surface area contributed by atoms with Gasteiger partial charge < -0.3 is 9.73 Å². The van der Waals surface area contributed by atoms with Crippen LogP contribution in [-0.2, 0) is 0 Å². The molecule has 0 aliphatic carbocycles. The molecule has 0 atom stereocenters. The zero-order valence-electron chi connectivity index (χ0n) is 12.6. The molecule has 108 valence electrons. The van der Waals surface area contributed by atoms with Gasteiger partial charge in [0.25, 0.3) is 0 Å². The Bertz CT molecular complexity index is 619. The number of rotatable bonds is 4. The van der Waals surface area contributed by atoms with E-state index in [-0.39, 0.29) is 5.54 Å². The fraction of sp³-hybridized carbons (Fsp3) is 0.412. The van der Waals surface area contributed by atoms with Crippen LogP contribution in [0, 0.1) is 0 Å². The minimum absolute atomic E-state index is 0.165. The highest BCUT2D eigenvalue weighted by Crippen LogP contribution is 2.26. The van der Waals surface area contributed by atoms with Crippen molar-refractivity contribution in [3.63, 3.8) is 0 Å². The van der Waals surface area contributed by atoms with Crippen LogP contribution in [0.1, 0.15) is 39.9 Å². The molecule has 0 radical (unpaired) electrons. The second-order valence-corrected chi connectivity index (χ2v) is 6.58. The molecule has 2 aromatic rings. The van der Waals surface area contributed by atoms with Gasteiger partial charge in [-0.2, -0.15) is 0 Å². The lowest BCUT2D eigenvalue weighted by Crippen LogP contribution is -2.36. The number of hydrogen-bond acceptors (Lipinski definition) is 2. The van der Waals surface area contributed by atoms with Crippen LogP contribution in [0.5, 0.6) is 0 Å². The molecule has 0 fully saturated rings. The van der Waals surface area contributed by atoms with Crippen LogP contribution in [0.2, 0.25) is 5.02 Å². The largest absolute Gasteiger partial charge is 0.456 e. The van der Waals surface area contributed by atoms with Gasteiger partial charge in [0.1, 0.15) is 11.3 Å². The van der Waals surface area contributed by atoms with Crippen LogP contribution in [0.3, 0.4) is 0 Å². The first-order chi connectivity index (χ1) is 9.35. The van der Waals surface area contributed by atoms with E-state index in [1.807, 2.05) is 24.3 Å². The molecule has 0 aliphatic rings. The third-order valence-electron chi connectivity index (χ3n) is 3.12. The number of nitrogens with one attached hydrogen (secondary N) is 1. The summed E-state index contributed by atoms with van der Waals surface area (Å²) in [5.41, 5.74) is 2.20. The molecule has 0 amide bonds. The highest BCUT2D eigenvalue weighted by atomic mass is 35.5. The summed E-state index contributed by atoms with van der Waals surface area (Å²) in [6.45, 7) is 9.56. The Balaban J connectivity index is 2.05. The van der Waals surface area contributed by atoms with E-state index in [0.717, 1.165) is 40.3 Å². The summed E-state index contributed by atoms with van der Waals surface area (Å²) in [7, 11) is 0. The Morgan fingerprint density at radius 3 is 2.75 bits per heavy atom. The van der Waals surface area contributed by atoms with Gasteiger partial charge in [-0.1, -0.05) is 17.7 Å². The zero-order chi connectivity index (χ0) is 14.8. The molecule has 0 spiro atoms. The quantitative estimate of drug-likeness (QED) is 0.777. The summed E-state index contributed by atoms with van der Waals surface area (Å²) in [5, 5.41) is 5.26. The normalized spacial score (nSPS) is 13.2. The smallest absolute Gasteiger partial charge is 0.134 e. The average molecular weight is 292 g/mol. The first-order valence-electron chi connectivity index (χ1n) is 6.96. The van der Waals surface area contributed by atoms with Crippen molar-refractivity contribution in [3.8, 4) is 0 Å². The maximum absolute atomic E-state index is 5.99. The average Bonchev–Trinajstić information content (AvgIpc) is 2.76. The molecule has 1 heterocycles. The highest BCUT2D eigenvalue weighted by Gasteiger charge is 2.08. The predicted octanol–water partition coefficient (Wildman–Crippen LogP) is 5.27. The lowest BCUT2D eigenvalue weighted by atomic mass is 10.1. The topological polar surface area (TPSA) is 25.2 Å². The third kappa shape index (κ3) is 4.12. The first-order valence-corrected chi connectivity index (χ1v) is 7.34. The summed E-state index contributed by atoms with van der Waals surface area (Å²) in [5.74, 6) is 0.915. The standard InChI is InChI=1S/C17H22ClNO/c1-12(6-5-9-19-17(2,3)4)16-11-13-10-14(18)7-8-15(13)20-16/h6-8,10-11,19H,5,9H2,1-4H3/b12-6-. The monoisotopic (exact) mass is 291 g/mol. The van der Waals surface area contributed by atoms with Crippen molar-refractivity contribution >= 4 is 28.1 Å². The molecule has 0 bridgehead atoms. The molecule has 20 heavy (non-hydrogen) atoms. The van der Waals surface area contributed by atoms with Crippen LogP contribution >= 0.6 is 11.6 Å². The van der Waals surface area contributed by atoms with Crippen LogP contribution in [0.15, 0.2) is 34.8 Å². The Kier molecular flexibility index (Phi) is 4.56. The number of furan rings is 1. The molecule has 1 aromatic heterocycles. The van der Waals surface area contributed by atoms with Gasteiger partial charge in [-0.25, -0.2) is 0 Å². The van der Waals surface area contributed by atoms with E-state index < -0.39 is 0 Å². The Morgan fingerprint density at radius 2 is 2.05 bits per heavy atom. The fourth-order valence-electron chi connectivity index (χ4n) is 2.04. The van der Waals surface area contributed by atoms with Crippen LogP contribution < -0.4 is 5.32 Å². The predicted molar refractivity (Wildman–Crippen MR) is 87.2 cm³/mol. The van der Waals surface area contributed by atoms with Gasteiger partial charge in [-0.05, 0) is 70.5 Å². The minimum Gasteiger partial charge on any atom is -0.456 e. The second-order valence-electron chi connectivity index (χ2n) is 6.15. The van der Waals surface area contributed by atoms with Crippen LogP contribution in [-0.4, -0.2) is 12.1 Å². The molecular formula is C17H22ClNO. The number of hydrogen-bond donors (Lipinski definition) is 1. The molecular weight excluding hydrogens is 270 g/mol. The van der Waals surface area contributed by atoms with Crippen molar-refractivity contribution in [2.75, 3.05) is 6.54 Å². The molecule has 3 heteroatoms. The SMILES string of the molecule is C/C(=C/CCNC(C)(C)C)c1cc2cc(Cl)ccc2o1. The number of halogens is 1. The molecule has 0 saturated heterocycles. The maximum Gasteiger partial charge on any atom is 0.134 e. The molecule has 0 unspecified atom stereocenters. The number of allylic oxidation sites excluding steroid dienone is 1. The van der Waals surface area contributed by atoms with E-state index in [2.05, 4.69) is 39.1 Å². The Labute approximate surface area is 125 Å². The maximum atomic E-state index is 5.99. The van der Waals surface area contributed by atoms with Crippen LogP contribution in [0.25, 0.3) is 16.5 Å². The molecule has 1 N–H and O–H groups in total.